The normalized spacial score (nSPS) is 16.4. The lowest BCUT2D eigenvalue weighted by molar-refractivity contribution is -0.139. The topological polar surface area (TPSA) is 102 Å². The van der Waals surface area contributed by atoms with Gasteiger partial charge in [0.25, 0.3) is 11.7 Å². The van der Waals surface area contributed by atoms with Gasteiger partial charge in [-0.15, -0.1) is 0 Å². The lowest BCUT2D eigenvalue weighted by Crippen LogP contribution is -2.29. The van der Waals surface area contributed by atoms with E-state index in [0.29, 0.717) is 34.9 Å². The lowest BCUT2D eigenvalue weighted by atomic mass is 9.94. The van der Waals surface area contributed by atoms with Gasteiger partial charge in [0.05, 0.1) is 43.9 Å². The summed E-state index contributed by atoms with van der Waals surface area (Å²) in [5.41, 5.74) is 1.66. The highest BCUT2D eigenvalue weighted by Crippen LogP contribution is 2.44. The Morgan fingerprint density at radius 1 is 1.00 bits per heavy atom. The van der Waals surface area contributed by atoms with Crippen molar-refractivity contribution in [2.24, 2.45) is 0 Å². The molecule has 0 saturated carbocycles. The number of ketones is 1. The molecule has 3 aromatic rings. The zero-order valence-electron chi connectivity index (χ0n) is 21.1. The minimum atomic E-state index is -0.983. The summed E-state index contributed by atoms with van der Waals surface area (Å²) in [4.78, 5) is 39.8. The van der Waals surface area contributed by atoms with E-state index in [1.165, 1.54) is 25.2 Å². The number of aliphatic hydroxyl groups excluding tert-OH is 1. The monoisotopic (exact) mass is 535 g/mol. The average molecular weight is 536 g/mol. The number of rotatable bonds is 8. The molecule has 1 saturated heterocycles. The number of benzene rings is 3. The number of methoxy groups -OCH3 is 2. The first kappa shape index (κ1) is 26.8. The van der Waals surface area contributed by atoms with E-state index in [1.54, 1.807) is 60.7 Å². The van der Waals surface area contributed by atoms with Gasteiger partial charge in [0.2, 0.25) is 0 Å². The summed E-state index contributed by atoms with van der Waals surface area (Å²) in [6.45, 7) is 2.21. The maximum atomic E-state index is 13.4. The van der Waals surface area contributed by atoms with E-state index in [-0.39, 0.29) is 22.6 Å². The molecule has 3 aromatic carbocycles. The first-order chi connectivity index (χ1) is 18.3. The van der Waals surface area contributed by atoms with E-state index in [4.69, 9.17) is 25.8 Å². The Morgan fingerprint density at radius 3 is 2.39 bits per heavy atom. The molecule has 8 nitrogen and oxygen atoms in total. The maximum Gasteiger partial charge on any atom is 0.309 e. The number of hydrogen-bond donors (Lipinski definition) is 1. The zero-order valence-corrected chi connectivity index (χ0v) is 21.8. The molecule has 0 radical (unpaired) electrons. The fourth-order valence-corrected chi connectivity index (χ4v) is 4.53. The molecule has 9 heteroatoms. The summed E-state index contributed by atoms with van der Waals surface area (Å²) >= 11 is 6.40. The number of carbonyl (C=O) groups is 3. The van der Waals surface area contributed by atoms with Crippen LogP contribution in [0.4, 0.5) is 5.69 Å². The Morgan fingerprint density at radius 2 is 1.74 bits per heavy atom. The number of ether oxygens (including phenoxy) is 3. The van der Waals surface area contributed by atoms with Crippen LogP contribution in [-0.2, 0) is 25.5 Å². The van der Waals surface area contributed by atoms with E-state index >= 15 is 0 Å². The zero-order chi connectivity index (χ0) is 27.4. The van der Waals surface area contributed by atoms with Crippen LogP contribution in [-0.4, -0.2) is 43.6 Å². The number of amides is 1. The Kier molecular flexibility index (Phi) is 8.02. The van der Waals surface area contributed by atoms with Gasteiger partial charge in [-0.05, 0) is 60.5 Å². The van der Waals surface area contributed by atoms with E-state index in [9.17, 15) is 19.5 Å². The van der Waals surface area contributed by atoms with Crippen molar-refractivity contribution in [1.82, 2.24) is 0 Å². The van der Waals surface area contributed by atoms with E-state index in [2.05, 4.69) is 0 Å². The van der Waals surface area contributed by atoms with Crippen LogP contribution in [0.5, 0.6) is 11.5 Å². The summed E-state index contributed by atoms with van der Waals surface area (Å²) in [6.07, 6.45) is 0.0591. The number of aliphatic hydroxyl groups is 1. The summed E-state index contributed by atoms with van der Waals surface area (Å²) in [6, 6.07) is 17.3. The molecular formula is C29H26ClNO7. The highest BCUT2D eigenvalue weighted by molar-refractivity contribution is 6.52. The summed E-state index contributed by atoms with van der Waals surface area (Å²) in [5, 5.41) is 11.6. The first-order valence-electron chi connectivity index (χ1n) is 11.8. The lowest BCUT2D eigenvalue weighted by Gasteiger charge is -2.26. The van der Waals surface area contributed by atoms with E-state index in [1.807, 2.05) is 6.92 Å². The van der Waals surface area contributed by atoms with Gasteiger partial charge >= 0.3 is 5.97 Å². The fraction of sp³-hybridized carbons (Fsp3) is 0.207. The molecular weight excluding hydrogens is 510 g/mol. The Hall–Kier alpha value is -4.30. The predicted molar refractivity (Wildman–Crippen MR) is 143 cm³/mol. The van der Waals surface area contributed by atoms with Crippen molar-refractivity contribution in [2.75, 3.05) is 25.7 Å². The van der Waals surface area contributed by atoms with Crippen molar-refractivity contribution in [3.63, 3.8) is 0 Å². The second-order valence-electron chi connectivity index (χ2n) is 8.44. The van der Waals surface area contributed by atoms with Gasteiger partial charge in [0.15, 0.2) is 0 Å². The SMILES string of the molecule is CCOc1ccc(Cl)c(/C(O)=C2\C(=O)C(=O)N(c3ccc(CC(=O)OC)cc3)C2c2cccc(OC)c2)c1. The molecule has 0 spiro atoms. The van der Waals surface area contributed by atoms with Crippen LogP contribution in [0.15, 0.2) is 72.3 Å². The molecule has 1 aliphatic heterocycles. The maximum absolute atomic E-state index is 13.4. The summed E-state index contributed by atoms with van der Waals surface area (Å²) in [7, 11) is 2.82. The molecule has 0 aliphatic carbocycles. The minimum absolute atomic E-state index is 0.0591. The number of halogens is 1. The Labute approximate surface area is 225 Å². The number of anilines is 1. The van der Waals surface area contributed by atoms with Crippen molar-refractivity contribution in [3.05, 3.63) is 94.0 Å². The number of hydrogen-bond acceptors (Lipinski definition) is 7. The Balaban J connectivity index is 1.89. The van der Waals surface area contributed by atoms with Crippen LogP contribution in [0.3, 0.4) is 0 Å². The molecule has 0 aromatic heterocycles. The first-order valence-corrected chi connectivity index (χ1v) is 12.2. The standard InChI is InChI=1S/C29H26ClNO7/c1-4-38-21-12-13-23(30)22(16-21)27(33)25-26(18-6-5-7-20(15-18)36-2)31(29(35)28(25)34)19-10-8-17(9-11-19)14-24(32)37-3/h5-13,15-16,26,33H,4,14H2,1-3H3/b27-25+. The van der Waals surface area contributed by atoms with Crippen LogP contribution >= 0.6 is 11.6 Å². The molecule has 1 heterocycles. The van der Waals surface area contributed by atoms with Crippen LogP contribution in [0.25, 0.3) is 5.76 Å². The highest BCUT2D eigenvalue weighted by atomic mass is 35.5. The average Bonchev–Trinajstić information content (AvgIpc) is 3.20. The van der Waals surface area contributed by atoms with Crippen LogP contribution in [0.2, 0.25) is 5.02 Å². The van der Waals surface area contributed by atoms with Crippen LogP contribution in [0, 0.1) is 0 Å². The van der Waals surface area contributed by atoms with Crippen molar-refractivity contribution in [1.29, 1.82) is 0 Å². The second kappa shape index (κ2) is 11.4. The smallest absolute Gasteiger partial charge is 0.309 e. The molecule has 1 aliphatic rings. The quantitative estimate of drug-likeness (QED) is 0.185. The van der Waals surface area contributed by atoms with Crippen LogP contribution in [0.1, 0.15) is 29.7 Å². The van der Waals surface area contributed by atoms with Crippen molar-refractivity contribution in [2.45, 2.75) is 19.4 Å². The van der Waals surface area contributed by atoms with E-state index < -0.39 is 29.5 Å². The third-order valence-electron chi connectivity index (χ3n) is 6.15. The molecule has 38 heavy (non-hydrogen) atoms. The Bertz CT molecular complexity index is 1410. The van der Waals surface area contributed by atoms with Gasteiger partial charge in [-0.3, -0.25) is 19.3 Å². The van der Waals surface area contributed by atoms with Gasteiger partial charge in [0.1, 0.15) is 17.3 Å². The number of Topliss-reactive ketones (excluding diaryl/α,β-unsaturated/α-hetero) is 1. The van der Waals surface area contributed by atoms with Gasteiger partial charge < -0.3 is 19.3 Å². The van der Waals surface area contributed by atoms with E-state index in [0.717, 1.165) is 0 Å². The molecule has 1 unspecified atom stereocenters. The molecule has 1 amide bonds. The third kappa shape index (κ3) is 5.21. The highest BCUT2D eigenvalue weighted by Gasteiger charge is 2.47. The van der Waals surface area contributed by atoms with Gasteiger partial charge in [-0.1, -0.05) is 35.9 Å². The molecule has 0 bridgehead atoms. The third-order valence-corrected chi connectivity index (χ3v) is 6.48. The number of nitrogens with zero attached hydrogens (tertiary/aromatic N) is 1. The summed E-state index contributed by atoms with van der Waals surface area (Å²) < 4.78 is 15.6. The summed E-state index contributed by atoms with van der Waals surface area (Å²) in [5.74, 6) is -1.55. The van der Waals surface area contributed by atoms with Crippen molar-refractivity contribution >= 4 is 40.7 Å². The van der Waals surface area contributed by atoms with Gasteiger partial charge in [0, 0.05) is 11.3 Å². The number of esters is 1. The number of carbonyl (C=O) groups excluding carboxylic acids is 3. The predicted octanol–water partition coefficient (Wildman–Crippen LogP) is 5.09. The fourth-order valence-electron chi connectivity index (χ4n) is 4.33. The van der Waals surface area contributed by atoms with Crippen LogP contribution < -0.4 is 14.4 Å². The molecule has 1 N–H and O–H groups in total. The second-order valence-corrected chi connectivity index (χ2v) is 8.85. The molecule has 196 valence electrons. The van der Waals surface area contributed by atoms with Crippen molar-refractivity contribution < 1.29 is 33.7 Å². The molecule has 1 fully saturated rings. The van der Waals surface area contributed by atoms with Gasteiger partial charge in [-0.2, -0.15) is 0 Å². The van der Waals surface area contributed by atoms with Crippen molar-refractivity contribution in [3.8, 4) is 11.5 Å². The molecule has 1 atom stereocenters. The largest absolute Gasteiger partial charge is 0.507 e. The van der Waals surface area contributed by atoms with Gasteiger partial charge in [-0.25, -0.2) is 0 Å². The molecule has 4 rings (SSSR count). The minimum Gasteiger partial charge on any atom is -0.507 e.